The van der Waals surface area contributed by atoms with E-state index in [1.54, 1.807) is 12.4 Å². The van der Waals surface area contributed by atoms with Crippen LogP contribution in [0.15, 0.2) is 24.5 Å². The highest BCUT2D eigenvalue weighted by Gasteiger charge is 2.45. The highest BCUT2D eigenvalue weighted by molar-refractivity contribution is 6.03. The highest BCUT2D eigenvalue weighted by Crippen LogP contribution is 2.41. The number of Topliss-reactive ketones (excluding diaryl/α,β-unsaturated/α-hetero) is 1. The molecular weight excluding hydrogens is 138 g/mol. The van der Waals surface area contributed by atoms with Crippen molar-refractivity contribution in [2.45, 2.75) is 12.8 Å². The summed E-state index contributed by atoms with van der Waals surface area (Å²) in [5.41, 5.74) is 1.11. The Labute approximate surface area is 65.3 Å². The van der Waals surface area contributed by atoms with E-state index < -0.39 is 0 Å². The normalized spacial score (nSPS) is 28.6. The number of aromatic nitrogens is 1. The fourth-order valence-electron chi connectivity index (χ4n) is 1.39. The minimum Gasteiger partial charge on any atom is -0.299 e. The van der Waals surface area contributed by atoms with Gasteiger partial charge in [-0.1, -0.05) is 6.92 Å². The standard InChI is InChI=1S/C9H9NO/c1-6-8(9(6)11)7-2-4-10-5-3-7/h2-6,8H,1H3. The number of hydrogen-bond donors (Lipinski definition) is 0. The summed E-state index contributed by atoms with van der Waals surface area (Å²) in [7, 11) is 0. The van der Waals surface area contributed by atoms with Gasteiger partial charge in [-0.25, -0.2) is 0 Å². The molecule has 1 aromatic rings. The molecule has 0 saturated heterocycles. The maximum Gasteiger partial charge on any atom is 0.144 e. The molecule has 2 rings (SSSR count). The summed E-state index contributed by atoms with van der Waals surface area (Å²) in [5.74, 6) is 0.756. The number of ketones is 1. The summed E-state index contributed by atoms with van der Waals surface area (Å²) in [6.07, 6.45) is 3.46. The predicted molar refractivity (Wildman–Crippen MR) is 41.1 cm³/mol. The van der Waals surface area contributed by atoms with E-state index in [4.69, 9.17) is 0 Å². The summed E-state index contributed by atoms with van der Waals surface area (Å²) in [4.78, 5) is 14.9. The van der Waals surface area contributed by atoms with Crippen molar-refractivity contribution in [1.29, 1.82) is 0 Å². The Balaban J connectivity index is 2.27. The van der Waals surface area contributed by atoms with Crippen LogP contribution < -0.4 is 0 Å². The molecule has 1 saturated carbocycles. The molecule has 56 valence electrons. The van der Waals surface area contributed by atoms with E-state index in [-0.39, 0.29) is 11.8 Å². The SMILES string of the molecule is CC1C(=O)C1c1ccncc1. The fourth-order valence-corrected chi connectivity index (χ4v) is 1.39. The van der Waals surface area contributed by atoms with Gasteiger partial charge in [0.15, 0.2) is 0 Å². The monoisotopic (exact) mass is 147 g/mol. The molecule has 1 heterocycles. The van der Waals surface area contributed by atoms with Gasteiger partial charge >= 0.3 is 0 Å². The topological polar surface area (TPSA) is 30.0 Å². The van der Waals surface area contributed by atoms with Gasteiger partial charge in [0, 0.05) is 18.3 Å². The molecule has 2 heteroatoms. The molecule has 0 radical (unpaired) electrons. The van der Waals surface area contributed by atoms with Crippen molar-refractivity contribution in [2.75, 3.05) is 0 Å². The third-order valence-corrected chi connectivity index (χ3v) is 2.21. The van der Waals surface area contributed by atoms with E-state index in [0.29, 0.717) is 5.78 Å². The molecule has 1 fully saturated rings. The molecular formula is C9H9NO. The van der Waals surface area contributed by atoms with Gasteiger partial charge in [0.05, 0.1) is 5.92 Å². The third-order valence-electron chi connectivity index (χ3n) is 2.21. The number of hydrogen-bond acceptors (Lipinski definition) is 2. The van der Waals surface area contributed by atoms with Gasteiger partial charge in [-0.15, -0.1) is 0 Å². The molecule has 2 nitrogen and oxygen atoms in total. The van der Waals surface area contributed by atoms with Crippen LogP contribution in [-0.2, 0) is 4.79 Å². The molecule has 2 unspecified atom stereocenters. The maximum absolute atomic E-state index is 11.0. The highest BCUT2D eigenvalue weighted by atomic mass is 16.1. The number of pyridine rings is 1. The second-order valence-corrected chi connectivity index (χ2v) is 2.95. The Hall–Kier alpha value is -1.18. The van der Waals surface area contributed by atoms with Crippen molar-refractivity contribution in [2.24, 2.45) is 5.92 Å². The van der Waals surface area contributed by atoms with Crippen molar-refractivity contribution >= 4 is 5.78 Å². The number of carbonyl (C=O) groups is 1. The van der Waals surface area contributed by atoms with Gasteiger partial charge < -0.3 is 0 Å². The Morgan fingerprint density at radius 3 is 2.36 bits per heavy atom. The first-order valence-electron chi connectivity index (χ1n) is 3.74. The predicted octanol–water partition coefficient (Wildman–Crippen LogP) is 1.38. The number of rotatable bonds is 1. The third kappa shape index (κ3) is 0.946. The van der Waals surface area contributed by atoms with Crippen molar-refractivity contribution in [3.05, 3.63) is 30.1 Å². The molecule has 2 atom stereocenters. The second kappa shape index (κ2) is 2.16. The first kappa shape index (κ1) is 6.53. The van der Waals surface area contributed by atoms with Crippen molar-refractivity contribution in [3.8, 4) is 0 Å². The summed E-state index contributed by atoms with van der Waals surface area (Å²) in [6.45, 7) is 1.97. The quantitative estimate of drug-likeness (QED) is 0.600. The Kier molecular flexibility index (Phi) is 1.28. The van der Waals surface area contributed by atoms with Gasteiger partial charge in [-0.2, -0.15) is 0 Å². The summed E-state index contributed by atoms with van der Waals surface area (Å²) in [6, 6.07) is 3.82. The van der Waals surface area contributed by atoms with Crippen LogP contribution in [0.2, 0.25) is 0 Å². The lowest BCUT2D eigenvalue weighted by Crippen LogP contribution is -1.81. The van der Waals surface area contributed by atoms with E-state index in [2.05, 4.69) is 4.98 Å². The summed E-state index contributed by atoms with van der Waals surface area (Å²) >= 11 is 0. The summed E-state index contributed by atoms with van der Waals surface area (Å²) < 4.78 is 0. The molecule has 0 N–H and O–H groups in total. The summed E-state index contributed by atoms with van der Waals surface area (Å²) in [5, 5.41) is 0. The minimum atomic E-state index is 0.165. The lowest BCUT2D eigenvalue weighted by atomic mass is 10.1. The van der Waals surface area contributed by atoms with Crippen LogP contribution in [0.25, 0.3) is 0 Å². The zero-order chi connectivity index (χ0) is 7.84. The fraction of sp³-hybridized carbons (Fsp3) is 0.333. The second-order valence-electron chi connectivity index (χ2n) is 2.95. The largest absolute Gasteiger partial charge is 0.299 e. The Bertz CT molecular complexity index is 281. The minimum absolute atomic E-state index is 0.165. The molecule has 0 aromatic carbocycles. The zero-order valence-electron chi connectivity index (χ0n) is 6.32. The molecule has 0 aliphatic heterocycles. The molecule has 0 bridgehead atoms. The maximum atomic E-state index is 11.0. The first-order chi connectivity index (χ1) is 5.30. The lowest BCUT2D eigenvalue weighted by Gasteiger charge is -1.92. The van der Waals surface area contributed by atoms with Crippen molar-refractivity contribution in [3.63, 3.8) is 0 Å². The van der Waals surface area contributed by atoms with E-state index in [0.717, 1.165) is 5.56 Å². The Morgan fingerprint density at radius 2 is 1.91 bits per heavy atom. The number of carbonyl (C=O) groups excluding carboxylic acids is 1. The lowest BCUT2D eigenvalue weighted by molar-refractivity contribution is -0.111. The van der Waals surface area contributed by atoms with Crippen LogP contribution in [0.3, 0.4) is 0 Å². The van der Waals surface area contributed by atoms with Gasteiger partial charge in [-0.05, 0) is 17.7 Å². The van der Waals surface area contributed by atoms with Gasteiger partial charge in [0.1, 0.15) is 5.78 Å². The van der Waals surface area contributed by atoms with Crippen LogP contribution in [0.4, 0.5) is 0 Å². The first-order valence-corrected chi connectivity index (χ1v) is 3.74. The smallest absolute Gasteiger partial charge is 0.144 e. The van der Waals surface area contributed by atoms with Crippen molar-refractivity contribution in [1.82, 2.24) is 4.98 Å². The van der Waals surface area contributed by atoms with Crippen molar-refractivity contribution < 1.29 is 4.79 Å². The van der Waals surface area contributed by atoms with Gasteiger partial charge in [-0.3, -0.25) is 9.78 Å². The zero-order valence-corrected chi connectivity index (χ0v) is 6.32. The van der Waals surface area contributed by atoms with Crippen LogP contribution in [0, 0.1) is 5.92 Å². The molecule has 0 amide bonds. The van der Waals surface area contributed by atoms with Crippen LogP contribution in [-0.4, -0.2) is 10.8 Å². The molecule has 1 aromatic heterocycles. The van der Waals surface area contributed by atoms with Crippen LogP contribution in [0.1, 0.15) is 18.4 Å². The van der Waals surface area contributed by atoms with Gasteiger partial charge in [0.25, 0.3) is 0 Å². The van der Waals surface area contributed by atoms with E-state index in [1.165, 1.54) is 0 Å². The van der Waals surface area contributed by atoms with E-state index in [1.807, 2.05) is 19.1 Å². The van der Waals surface area contributed by atoms with E-state index >= 15 is 0 Å². The molecule has 1 aliphatic carbocycles. The average molecular weight is 147 g/mol. The molecule has 0 spiro atoms. The molecule has 1 aliphatic rings. The molecule has 11 heavy (non-hydrogen) atoms. The average Bonchev–Trinajstić information content (AvgIpc) is 2.62. The number of nitrogens with zero attached hydrogens (tertiary/aromatic N) is 1. The van der Waals surface area contributed by atoms with E-state index in [9.17, 15) is 4.79 Å². The van der Waals surface area contributed by atoms with Crippen LogP contribution in [0.5, 0.6) is 0 Å². The van der Waals surface area contributed by atoms with Crippen LogP contribution >= 0.6 is 0 Å². The van der Waals surface area contributed by atoms with Gasteiger partial charge in [0.2, 0.25) is 0 Å². The Morgan fingerprint density at radius 1 is 1.36 bits per heavy atom.